The van der Waals surface area contributed by atoms with E-state index in [2.05, 4.69) is 16.3 Å². The van der Waals surface area contributed by atoms with Gasteiger partial charge < -0.3 is 14.0 Å². The first kappa shape index (κ1) is 25.6. The Morgan fingerprint density at radius 2 is 1.64 bits per heavy atom. The van der Waals surface area contributed by atoms with E-state index in [1.807, 2.05) is 10.6 Å². The van der Waals surface area contributed by atoms with Gasteiger partial charge in [-0.15, -0.1) is 10.2 Å². The zero-order valence-corrected chi connectivity index (χ0v) is 21.5. The third kappa shape index (κ3) is 5.63. The van der Waals surface area contributed by atoms with Gasteiger partial charge in [-0.25, -0.2) is 4.79 Å². The second-order valence-corrected chi connectivity index (χ2v) is 9.14. The van der Waals surface area contributed by atoms with Crippen molar-refractivity contribution in [1.29, 1.82) is 5.26 Å². The first-order valence-electron chi connectivity index (χ1n) is 12.7. The maximum absolute atomic E-state index is 12.8. The summed E-state index contributed by atoms with van der Waals surface area (Å²) in [6.07, 6.45) is 5.79. The lowest BCUT2D eigenvalue weighted by molar-refractivity contribution is 0.0729. The molecular weight excluding hydrogens is 492 g/mol. The number of carbonyl (C=O) groups is 2. The van der Waals surface area contributed by atoms with Crippen LogP contribution in [0, 0.1) is 11.3 Å². The summed E-state index contributed by atoms with van der Waals surface area (Å²) in [6.45, 7) is 0.788. The molecule has 194 valence electrons. The predicted molar refractivity (Wildman–Crippen MR) is 145 cm³/mol. The molecule has 0 fully saturated rings. The number of benzene rings is 3. The van der Waals surface area contributed by atoms with Gasteiger partial charge in [-0.05, 0) is 48.7 Å². The van der Waals surface area contributed by atoms with Crippen LogP contribution < -0.4 is 9.47 Å². The monoisotopic (exact) mass is 518 g/mol. The van der Waals surface area contributed by atoms with Crippen molar-refractivity contribution in [3.05, 3.63) is 107 Å². The van der Waals surface area contributed by atoms with Gasteiger partial charge in [0.25, 0.3) is 0 Å². The fraction of sp³-hybridized carbons (Fsp3) is 0.194. The highest BCUT2D eigenvalue weighted by Gasteiger charge is 2.19. The lowest BCUT2D eigenvalue weighted by Gasteiger charge is -2.11. The number of carbonyl (C=O) groups excluding carboxylic acids is 2. The molecule has 0 radical (unpaired) electrons. The van der Waals surface area contributed by atoms with E-state index < -0.39 is 5.97 Å². The molecule has 0 unspecified atom stereocenters. The second-order valence-electron chi connectivity index (χ2n) is 9.14. The largest absolute Gasteiger partial charge is 0.493 e. The molecule has 8 heteroatoms. The van der Waals surface area contributed by atoms with Crippen LogP contribution in [0.1, 0.15) is 62.8 Å². The summed E-state index contributed by atoms with van der Waals surface area (Å²) >= 11 is 0. The average Bonchev–Trinajstić information content (AvgIpc) is 3.23. The summed E-state index contributed by atoms with van der Waals surface area (Å²) in [5.74, 6) is 1.32. The van der Waals surface area contributed by atoms with E-state index in [1.54, 1.807) is 72.8 Å². The Kier molecular flexibility index (Phi) is 7.60. The minimum atomic E-state index is -0.584. The number of rotatable bonds is 7. The lowest BCUT2D eigenvalue weighted by Crippen LogP contribution is -2.10. The number of hydrogen-bond donors (Lipinski definition) is 0. The normalized spacial score (nSPS) is 13.1. The first-order chi connectivity index (χ1) is 19.1. The maximum Gasteiger partial charge on any atom is 0.343 e. The van der Waals surface area contributed by atoms with Gasteiger partial charge in [0.15, 0.2) is 23.1 Å². The molecule has 0 spiro atoms. The molecule has 1 aliphatic rings. The fourth-order valence-corrected chi connectivity index (χ4v) is 4.53. The molecule has 0 bridgehead atoms. The van der Waals surface area contributed by atoms with Crippen LogP contribution in [0.3, 0.4) is 0 Å². The third-order valence-corrected chi connectivity index (χ3v) is 6.59. The van der Waals surface area contributed by atoms with Gasteiger partial charge in [0.05, 0.1) is 18.2 Å². The van der Waals surface area contributed by atoms with Crippen LogP contribution in [0.25, 0.3) is 11.6 Å². The highest BCUT2D eigenvalue weighted by atomic mass is 16.6. The highest BCUT2D eigenvalue weighted by Crippen LogP contribution is 2.31. The summed E-state index contributed by atoms with van der Waals surface area (Å²) in [6, 6.07) is 22.6. The Morgan fingerprint density at radius 3 is 2.38 bits per heavy atom. The molecule has 3 aromatic carbocycles. The van der Waals surface area contributed by atoms with Crippen LogP contribution in [-0.4, -0.2) is 33.6 Å². The quantitative estimate of drug-likeness (QED) is 0.137. The molecule has 39 heavy (non-hydrogen) atoms. The highest BCUT2D eigenvalue weighted by molar-refractivity contribution is 6.09. The number of ether oxygens (including phenoxy) is 2. The van der Waals surface area contributed by atoms with E-state index in [-0.39, 0.29) is 11.5 Å². The number of allylic oxidation sites excluding steroid dienone is 1. The Labute approximate surface area is 226 Å². The number of fused-ring (bicyclic) bond motifs is 1. The second kappa shape index (κ2) is 11.6. The molecule has 0 amide bonds. The van der Waals surface area contributed by atoms with E-state index in [1.165, 1.54) is 7.11 Å². The van der Waals surface area contributed by atoms with Crippen LogP contribution in [0.5, 0.6) is 11.5 Å². The maximum atomic E-state index is 12.8. The van der Waals surface area contributed by atoms with Crippen LogP contribution in [0.4, 0.5) is 0 Å². The van der Waals surface area contributed by atoms with Crippen molar-refractivity contribution in [3.63, 3.8) is 0 Å². The Balaban J connectivity index is 1.33. The van der Waals surface area contributed by atoms with E-state index in [4.69, 9.17) is 9.47 Å². The van der Waals surface area contributed by atoms with Crippen molar-refractivity contribution in [2.75, 3.05) is 7.11 Å². The van der Waals surface area contributed by atoms with E-state index in [0.717, 1.165) is 38.1 Å². The van der Waals surface area contributed by atoms with Crippen LogP contribution >= 0.6 is 0 Å². The van der Waals surface area contributed by atoms with Crippen molar-refractivity contribution < 1.29 is 19.1 Å². The number of esters is 1. The zero-order chi connectivity index (χ0) is 27.2. The number of methoxy groups -OCH3 is 1. The topological polar surface area (TPSA) is 107 Å². The minimum absolute atomic E-state index is 0.125. The molecule has 8 nitrogen and oxygen atoms in total. The lowest BCUT2D eigenvalue weighted by atomic mass is 10.0. The van der Waals surface area contributed by atoms with Gasteiger partial charge in [-0.1, -0.05) is 55.0 Å². The fourth-order valence-electron chi connectivity index (χ4n) is 4.53. The number of nitrogens with zero attached hydrogens (tertiary/aromatic N) is 4. The number of aryl methyl sites for hydroxylation is 1. The van der Waals surface area contributed by atoms with E-state index >= 15 is 0 Å². The molecule has 0 saturated heterocycles. The predicted octanol–water partition coefficient (Wildman–Crippen LogP) is 5.53. The summed E-state index contributed by atoms with van der Waals surface area (Å²) < 4.78 is 13.1. The molecule has 2 heterocycles. The van der Waals surface area contributed by atoms with Gasteiger partial charge in [0.1, 0.15) is 11.9 Å². The molecule has 4 aromatic rings. The molecule has 1 aliphatic heterocycles. The van der Waals surface area contributed by atoms with Gasteiger partial charge in [0, 0.05) is 24.1 Å². The molecule has 0 atom stereocenters. The van der Waals surface area contributed by atoms with Crippen LogP contribution in [0.2, 0.25) is 0 Å². The smallest absolute Gasteiger partial charge is 0.343 e. The number of nitriles is 1. The average molecular weight is 519 g/mol. The molecule has 5 rings (SSSR count). The first-order valence-corrected chi connectivity index (χ1v) is 12.7. The Bertz CT molecular complexity index is 1580. The van der Waals surface area contributed by atoms with Crippen molar-refractivity contribution in [3.8, 4) is 17.6 Å². The van der Waals surface area contributed by atoms with Crippen LogP contribution in [-0.2, 0) is 13.0 Å². The van der Waals surface area contributed by atoms with Crippen molar-refractivity contribution in [1.82, 2.24) is 14.8 Å². The van der Waals surface area contributed by atoms with Gasteiger partial charge >= 0.3 is 5.97 Å². The third-order valence-electron chi connectivity index (χ3n) is 6.59. The van der Waals surface area contributed by atoms with Crippen molar-refractivity contribution in [2.24, 2.45) is 0 Å². The summed E-state index contributed by atoms with van der Waals surface area (Å²) in [7, 11) is 1.48. The van der Waals surface area contributed by atoms with E-state index in [9.17, 15) is 14.9 Å². The minimum Gasteiger partial charge on any atom is -0.493 e. The number of hydrogen-bond acceptors (Lipinski definition) is 7. The zero-order valence-electron chi connectivity index (χ0n) is 21.5. The van der Waals surface area contributed by atoms with E-state index in [0.29, 0.717) is 39.4 Å². The SMILES string of the molecule is COc1cc(C=C(C#N)c2nnc3n2CCCCC3)ccc1OC(=O)c1ccc(C(=O)c2ccccc2)cc1. The number of ketones is 1. The van der Waals surface area contributed by atoms with Crippen molar-refractivity contribution in [2.45, 2.75) is 32.2 Å². The number of aromatic nitrogens is 3. The van der Waals surface area contributed by atoms with Crippen molar-refractivity contribution >= 4 is 23.4 Å². The summed E-state index contributed by atoms with van der Waals surface area (Å²) in [4.78, 5) is 25.5. The van der Waals surface area contributed by atoms with Crippen LogP contribution in [0.15, 0.2) is 72.8 Å². The molecule has 1 aromatic heterocycles. The Morgan fingerprint density at radius 1 is 0.897 bits per heavy atom. The van der Waals surface area contributed by atoms with Gasteiger partial charge in [-0.3, -0.25) is 4.79 Å². The molecule has 0 saturated carbocycles. The van der Waals surface area contributed by atoms with Gasteiger partial charge in [0.2, 0.25) is 0 Å². The standard InChI is InChI=1S/C31H26N4O4/c1-38-27-19-21(18-25(20-32)30-34-33-28-10-6-3-7-17-35(28)30)11-16-26(27)39-31(37)24-14-12-23(13-15-24)29(36)22-8-4-2-5-9-22/h2,4-5,8-9,11-16,18-19H,3,6-7,10,17H2,1H3. The summed E-state index contributed by atoms with van der Waals surface area (Å²) in [5, 5.41) is 18.4. The summed E-state index contributed by atoms with van der Waals surface area (Å²) in [5.41, 5.74) is 2.44. The van der Waals surface area contributed by atoms with Gasteiger partial charge in [-0.2, -0.15) is 5.26 Å². The molecule has 0 aliphatic carbocycles. The Hall–Kier alpha value is -5.03. The molecule has 0 N–H and O–H groups in total. The molecular formula is C31H26N4O4.